The van der Waals surface area contributed by atoms with E-state index in [-0.39, 0.29) is 126 Å². The van der Waals surface area contributed by atoms with Gasteiger partial charge in [-0.25, -0.2) is 42.8 Å². The van der Waals surface area contributed by atoms with Gasteiger partial charge < -0.3 is 66.3 Å². The number of esters is 1. The van der Waals surface area contributed by atoms with Gasteiger partial charge in [0, 0.05) is 0 Å². The predicted molar refractivity (Wildman–Crippen MR) is 143 cm³/mol. The van der Waals surface area contributed by atoms with Gasteiger partial charge in [-0.3, -0.25) is 4.74 Å². The average molecular weight is 2820 g/mol. The Morgan fingerprint density at radius 1 is 0.492 bits per heavy atom. The van der Waals surface area contributed by atoms with Crippen molar-refractivity contribution in [3.63, 3.8) is 0 Å². The second-order valence-electron chi connectivity index (χ2n) is 6.47. The Morgan fingerprint density at radius 3 is 0.662 bits per heavy atom. The molecule has 0 bridgehead atoms. The fourth-order valence-electron chi connectivity index (χ4n) is 1.25. The molecule has 1 aliphatic heterocycles. The van der Waals surface area contributed by atoms with Crippen LogP contribution in [-0.4, -0.2) is 87.5 Å². The van der Waals surface area contributed by atoms with Crippen molar-refractivity contribution in [1.82, 2.24) is 6.15 Å². The number of alkyl halides is 18. The van der Waals surface area contributed by atoms with E-state index in [1.165, 1.54) is 0 Å². The fraction of sp³-hybridized carbons (Fsp3) is 0.565. The van der Waals surface area contributed by atoms with Gasteiger partial charge in [-0.2, -0.15) is 86.1 Å². The van der Waals surface area contributed by atoms with Crippen LogP contribution in [0.25, 0.3) is 0 Å². The standard InChI is InChI=1S/C5H4F4O3.2C4H3F4O3.C3F6O.CH3O.2CH2O.4CH4.H3N.3Na.7Rf.H/c1-11-3(10)4(6,12-2)5(7,8)9;2*1-11-3(5,2(9)10)4(6,7)8;4-1(2(5,6)7)3(8,9)10-1;3*1-2;;;;;;;;;;;;;;;;/h1-2H2;2*1H2,(H,9,10);;2H,1H2;2*1H2;4*1H4;1H3;;;;;;;;;;;/q-2;2*-1;;-1;2*-2;;;;;;3*+1;;;;;;;;-1. The van der Waals surface area contributed by atoms with Crippen molar-refractivity contribution in [1.29, 1.82) is 0 Å². The number of carboxylic acid groups (broad SMARTS) is 2. The van der Waals surface area contributed by atoms with Gasteiger partial charge in [-0.05, 0) is 0 Å². The first-order valence-electron chi connectivity index (χ1n) is 9.73. The van der Waals surface area contributed by atoms with E-state index in [0.717, 1.165) is 0 Å². The summed E-state index contributed by atoms with van der Waals surface area (Å²) >= 11 is 0. The van der Waals surface area contributed by atoms with Crippen molar-refractivity contribution in [3.05, 3.63) is 49.8 Å². The molecule has 1 heterocycles. The normalized spacial score (nSPS) is 15.1. The largest absolute Gasteiger partial charge is 1.03 e. The molecular weight excluding hydrogens is 2780 g/mol. The van der Waals surface area contributed by atoms with Crippen LogP contribution in [0.15, 0.2) is 0 Å². The maximum atomic E-state index is 12.5. The Labute approximate surface area is 388 Å². The zero-order valence-corrected chi connectivity index (χ0v) is 82.6. The summed E-state index contributed by atoms with van der Waals surface area (Å²) in [6.07, 6.45) is -27.1. The van der Waals surface area contributed by atoms with E-state index in [1.807, 2.05) is 14.2 Å². The van der Waals surface area contributed by atoms with E-state index in [1.54, 1.807) is 0 Å². The monoisotopic (exact) mass is 2820 g/mol. The predicted octanol–water partition coefficient (Wildman–Crippen LogP) is -2.33. The minimum absolute atomic E-state index is 0. The number of epoxide rings is 1. The first-order chi connectivity index (χ1) is 22.0. The van der Waals surface area contributed by atoms with Crippen LogP contribution in [0.4, 0.5) is 79.0 Å². The number of carbonyl (C=O) groups is 3. The van der Waals surface area contributed by atoms with Gasteiger partial charge in [0.05, 0.1) is 0 Å². The molecule has 0 spiro atoms. The number of rotatable bonds is 6. The number of carboxylic acids is 2. The van der Waals surface area contributed by atoms with Crippen molar-refractivity contribution in [2.75, 3.05) is 0 Å². The maximum Gasteiger partial charge on any atom is 1.00 e. The van der Waals surface area contributed by atoms with Crippen LogP contribution in [0.3, 0.4) is 0 Å². The third-order valence-electron chi connectivity index (χ3n) is 3.60. The van der Waals surface area contributed by atoms with Crippen LogP contribution in [0.1, 0.15) is 31.1 Å². The zero-order chi connectivity index (χ0) is 42.8. The molecule has 6 N–H and O–H groups in total. The van der Waals surface area contributed by atoms with E-state index in [2.05, 4.69) is 59.2 Å². The fourth-order valence-corrected chi connectivity index (χ4v) is 1.25. The van der Waals surface area contributed by atoms with Gasteiger partial charge >= 0.3 is 161 Å². The van der Waals surface area contributed by atoms with Gasteiger partial charge in [0.1, 0.15) is 0 Å². The van der Waals surface area contributed by atoms with Crippen molar-refractivity contribution in [2.45, 2.75) is 83.9 Å². The first-order valence-corrected chi connectivity index (χ1v) is 9.73. The van der Waals surface area contributed by atoms with E-state index < -0.39 is 72.1 Å². The van der Waals surface area contributed by atoms with Gasteiger partial charge in [0.25, 0.3) is 0 Å². The molecule has 0 aliphatic carbocycles. The average Bonchev–Trinajstić information content (AvgIpc) is 3.55. The number of aliphatic carboxylic acids is 2. The molecule has 42 heteroatoms. The minimum atomic E-state index is -5.66. The molecule has 14 nitrogen and oxygen atoms in total. The minimum Gasteiger partial charge on any atom is -1.03 e. The molecule has 0 aromatic rings. The summed E-state index contributed by atoms with van der Waals surface area (Å²) in [5, 5.41) is 38.2. The second kappa shape index (κ2) is 47.9. The molecule has 4 atom stereocenters. The molecule has 1 rings (SSSR count). The van der Waals surface area contributed by atoms with Crippen LogP contribution in [0.5, 0.6) is 0 Å². The van der Waals surface area contributed by atoms with Crippen LogP contribution in [-0.2, 0) is 38.1 Å². The molecule has 65 heavy (non-hydrogen) atoms. The molecule has 1 fully saturated rings. The third-order valence-corrected chi connectivity index (χ3v) is 3.60. The summed E-state index contributed by atoms with van der Waals surface area (Å²) < 4.78 is 223. The topological polar surface area (TPSA) is 242 Å². The van der Waals surface area contributed by atoms with Crippen molar-refractivity contribution in [2.24, 2.45) is 0 Å². The van der Waals surface area contributed by atoms with Crippen LogP contribution < -0.4 is 105 Å². The summed E-state index contributed by atoms with van der Waals surface area (Å²) in [4.78, 5) is 29.4. The number of aliphatic hydroxyl groups is 1. The summed E-state index contributed by atoms with van der Waals surface area (Å²) in [6.45, 7) is 0. The molecule has 1 aliphatic rings. The van der Waals surface area contributed by atoms with Crippen LogP contribution in [0.2, 0.25) is 0 Å². The number of hydrogen-bond donors (Lipinski definition) is 4. The number of halogens is 18. The maximum absolute atomic E-state index is 12.5. The summed E-state index contributed by atoms with van der Waals surface area (Å²) in [5.74, 6) is -26.6. The van der Waals surface area contributed by atoms with Crippen molar-refractivity contribution < 1.29 is 233 Å². The molecule has 0 amide bonds. The van der Waals surface area contributed by atoms with E-state index in [9.17, 15) is 93.4 Å². The molecule has 1 saturated heterocycles. The van der Waals surface area contributed by atoms with Crippen molar-refractivity contribution >= 4 is 17.9 Å². The number of aliphatic hydroxyl groups excluding tert-OH is 1. The first kappa shape index (κ1) is 138. The van der Waals surface area contributed by atoms with Gasteiger partial charge in [0.15, 0.2) is 0 Å². The number of carbonyl (C=O) groups excluding carboxylic acids is 1. The van der Waals surface area contributed by atoms with Crippen LogP contribution >= 0.6 is 0 Å². The van der Waals surface area contributed by atoms with E-state index in [4.69, 9.17) is 25.5 Å². The van der Waals surface area contributed by atoms with Crippen molar-refractivity contribution in [3.8, 4) is 0 Å². The summed E-state index contributed by atoms with van der Waals surface area (Å²) in [6, 6.07) is 0. The molecule has 0 aromatic heterocycles. The Morgan fingerprint density at radius 2 is 0.646 bits per heavy atom. The number of hydrogen-bond acceptors (Lipinski definition) is 12. The number of ether oxygens (including phenoxy) is 5. The Hall–Kier alpha value is -7.17. The SMILES string of the molecule is C.C.C.C.FC(F)(F)C1(F)OC1(F)F.N.[CH2-]O.[CH2-]OC(=O)C(F)(O[CH2-])C(F)(F)F.[CH2-]OC(F)(C(=O)O)C(F)(F)F.[CH2-]OC(F)(C(=O)O)C(F)(F)F.[CH2-][O-].[CH2-][O-].[H-].[Na+].[Na+].[Na+].[Rf].[Rf].[Rf].[Rf].[Rf].[Rf].[Rf]. The quantitative estimate of drug-likeness (QED) is 0.0718. The van der Waals surface area contributed by atoms with Gasteiger partial charge in [-0.1, -0.05) is 29.7 Å². The summed E-state index contributed by atoms with van der Waals surface area (Å²) in [5.41, 5.74) is 0. The molecule has 0 radical (unpaired) electrons. The molecule has 0 saturated carbocycles. The molecule has 0 aromatic carbocycles. The third kappa shape index (κ3) is 34.1. The van der Waals surface area contributed by atoms with Crippen LogP contribution in [0, 0.1) is 49.8 Å². The smallest absolute Gasteiger partial charge is 1.00 e. The van der Waals surface area contributed by atoms with E-state index in [0.29, 0.717) is 0 Å². The molecular formula is C23H37F18NNa3O13Rf7-7. The second-order valence-corrected chi connectivity index (χ2v) is 6.47. The van der Waals surface area contributed by atoms with E-state index >= 15 is 0 Å². The zero-order valence-electron chi connectivity index (χ0n) is 32.8. The Kier molecular flexibility index (Phi) is 101. The Balaban J connectivity index is -0.0000000174. The molecule has 362 valence electrons. The van der Waals surface area contributed by atoms with Gasteiger partial charge in [-0.15, -0.1) is 0 Å². The molecule has 4 unspecified atom stereocenters. The Bertz CT molecular complexity index is 1020. The van der Waals surface area contributed by atoms with Gasteiger partial charge in [0.2, 0.25) is 0 Å². The summed E-state index contributed by atoms with van der Waals surface area (Å²) in [7, 11) is 14.9.